The van der Waals surface area contributed by atoms with Crippen LogP contribution in [0.1, 0.15) is 21.9 Å². The minimum absolute atomic E-state index is 0.0505. The van der Waals surface area contributed by atoms with Gasteiger partial charge >= 0.3 is 5.97 Å². The molecule has 7 heteroatoms. The van der Waals surface area contributed by atoms with Crippen molar-refractivity contribution < 1.29 is 14.3 Å². The Hall–Kier alpha value is -3.53. The van der Waals surface area contributed by atoms with Crippen molar-refractivity contribution in [3.8, 4) is 17.6 Å². The van der Waals surface area contributed by atoms with Gasteiger partial charge in [0.25, 0.3) is 0 Å². The molecule has 2 aromatic carbocycles. The van der Waals surface area contributed by atoms with Gasteiger partial charge in [0.05, 0.1) is 5.92 Å². The van der Waals surface area contributed by atoms with Crippen molar-refractivity contribution in [3.05, 3.63) is 98.5 Å². The van der Waals surface area contributed by atoms with Crippen LogP contribution < -0.4 is 15.2 Å². The Kier molecular flexibility index (Phi) is 5.57. The first-order valence-corrected chi connectivity index (χ1v) is 10.2. The molecule has 0 amide bonds. The van der Waals surface area contributed by atoms with Crippen LogP contribution in [0.15, 0.2) is 77.5 Å². The van der Waals surface area contributed by atoms with Crippen molar-refractivity contribution in [2.24, 2.45) is 5.73 Å². The molecular weight excluding hydrogens is 420 g/mol. The maximum atomic E-state index is 12.2. The van der Waals surface area contributed by atoms with Crippen molar-refractivity contribution in [2.45, 2.75) is 5.92 Å². The van der Waals surface area contributed by atoms with Crippen LogP contribution in [0.3, 0.4) is 0 Å². The molecule has 1 aliphatic heterocycles. The minimum atomic E-state index is -0.531. The summed E-state index contributed by atoms with van der Waals surface area (Å²) in [5.41, 5.74) is 7.96. The smallest absolute Gasteiger partial charge is 0.336 e. The summed E-state index contributed by atoms with van der Waals surface area (Å²) in [6.07, 6.45) is 2.97. The maximum Gasteiger partial charge on any atom is 0.336 e. The molecule has 0 saturated carbocycles. The zero-order chi connectivity index (χ0) is 21.1. The van der Waals surface area contributed by atoms with Gasteiger partial charge in [0.2, 0.25) is 5.88 Å². The minimum Gasteiger partial charge on any atom is -0.440 e. The molecule has 30 heavy (non-hydrogen) atoms. The average molecular weight is 435 g/mol. The van der Waals surface area contributed by atoms with Gasteiger partial charge in [-0.05, 0) is 41.3 Å². The molecule has 1 aliphatic rings. The van der Waals surface area contributed by atoms with E-state index >= 15 is 0 Å². The summed E-state index contributed by atoms with van der Waals surface area (Å²) in [6, 6.07) is 18.2. The van der Waals surface area contributed by atoms with Crippen LogP contribution in [0.4, 0.5) is 0 Å². The number of thiophene rings is 1. The van der Waals surface area contributed by atoms with E-state index in [2.05, 4.69) is 6.07 Å². The van der Waals surface area contributed by atoms with Gasteiger partial charge < -0.3 is 15.2 Å². The monoisotopic (exact) mass is 434 g/mol. The predicted octanol–water partition coefficient (Wildman–Crippen LogP) is 5.24. The van der Waals surface area contributed by atoms with Crippen molar-refractivity contribution >= 4 is 35.0 Å². The molecule has 0 saturated heterocycles. The van der Waals surface area contributed by atoms with E-state index in [1.165, 1.54) is 17.4 Å². The third kappa shape index (κ3) is 4.08. The quantitative estimate of drug-likeness (QED) is 0.345. The standard InChI is InChI=1S/C23H15ClN2O3S/c24-15-6-3-14(4-7-15)5-10-21(27)28-16-8-9-17-19(12-16)29-23(26)18(13-25)22(17)20-2-1-11-30-20/h1-12,22H,26H2/b10-5+. The van der Waals surface area contributed by atoms with Crippen LogP contribution in [0.2, 0.25) is 5.02 Å². The second-order valence-corrected chi connectivity index (χ2v) is 7.86. The number of nitrogens with two attached hydrogens (primary N) is 1. The lowest BCUT2D eigenvalue weighted by Gasteiger charge is -2.25. The van der Waals surface area contributed by atoms with Crippen molar-refractivity contribution in [1.29, 1.82) is 5.26 Å². The number of benzene rings is 2. The van der Waals surface area contributed by atoms with Gasteiger partial charge in [-0.1, -0.05) is 35.9 Å². The molecule has 5 nitrogen and oxygen atoms in total. The highest BCUT2D eigenvalue weighted by molar-refractivity contribution is 7.10. The van der Waals surface area contributed by atoms with Crippen LogP contribution >= 0.6 is 22.9 Å². The topological polar surface area (TPSA) is 85.3 Å². The predicted molar refractivity (Wildman–Crippen MR) is 116 cm³/mol. The molecule has 1 unspecified atom stereocenters. The second-order valence-electron chi connectivity index (χ2n) is 6.45. The summed E-state index contributed by atoms with van der Waals surface area (Å²) in [7, 11) is 0. The molecule has 1 atom stereocenters. The van der Waals surface area contributed by atoms with Crippen molar-refractivity contribution in [3.63, 3.8) is 0 Å². The van der Waals surface area contributed by atoms with Crippen LogP contribution in [0.25, 0.3) is 6.08 Å². The highest BCUT2D eigenvalue weighted by Gasteiger charge is 2.31. The molecule has 0 bridgehead atoms. The third-order valence-electron chi connectivity index (χ3n) is 4.52. The number of fused-ring (bicyclic) bond motifs is 1. The van der Waals surface area contributed by atoms with Gasteiger partial charge in [-0.2, -0.15) is 5.26 Å². The van der Waals surface area contributed by atoms with Crippen molar-refractivity contribution in [2.75, 3.05) is 0 Å². The summed E-state index contributed by atoms with van der Waals surface area (Å²) in [5, 5.41) is 12.1. The number of carbonyl (C=O) groups is 1. The SMILES string of the molecule is N#CC1=C(N)Oc2cc(OC(=O)/C=C/c3ccc(Cl)cc3)ccc2C1c1cccs1. The zero-order valence-corrected chi connectivity index (χ0v) is 17.1. The molecule has 0 aliphatic carbocycles. The highest BCUT2D eigenvalue weighted by atomic mass is 35.5. The van der Waals surface area contributed by atoms with Crippen LogP contribution in [0, 0.1) is 11.3 Å². The fraction of sp³-hybridized carbons (Fsp3) is 0.0435. The number of ether oxygens (including phenoxy) is 2. The Balaban J connectivity index is 1.56. The third-order valence-corrected chi connectivity index (χ3v) is 5.71. The summed E-state index contributed by atoms with van der Waals surface area (Å²) in [6.45, 7) is 0. The molecule has 2 heterocycles. The maximum absolute atomic E-state index is 12.2. The number of hydrogen-bond acceptors (Lipinski definition) is 6. The largest absolute Gasteiger partial charge is 0.440 e. The number of rotatable bonds is 4. The Morgan fingerprint density at radius 1 is 1.23 bits per heavy atom. The van der Waals surface area contributed by atoms with Crippen LogP contribution in [0.5, 0.6) is 11.5 Å². The number of halogens is 1. The molecular formula is C23H15ClN2O3S. The lowest BCUT2D eigenvalue weighted by atomic mass is 9.88. The zero-order valence-electron chi connectivity index (χ0n) is 15.5. The van der Waals surface area contributed by atoms with Gasteiger partial charge in [-0.3, -0.25) is 0 Å². The van der Waals surface area contributed by atoms with Gasteiger partial charge in [-0.25, -0.2) is 4.79 Å². The number of allylic oxidation sites excluding steroid dienone is 1. The highest BCUT2D eigenvalue weighted by Crippen LogP contribution is 2.44. The molecule has 3 aromatic rings. The van der Waals surface area contributed by atoms with E-state index in [1.54, 1.807) is 48.5 Å². The van der Waals surface area contributed by atoms with Crippen LogP contribution in [-0.2, 0) is 4.79 Å². The van der Waals surface area contributed by atoms with E-state index in [9.17, 15) is 10.1 Å². The number of nitrogens with zero attached hydrogens (tertiary/aromatic N) is 1. The number of carbonyl (C=O) groups excluding carboxylic acids is 1. The Bertz CT molecular complexity index is 1190. The first kappa shape index (κ1) is 19.8. The lowest BCUT2D eigenvalue weighted by molar-refractivity contribution is -0.128. The van der Waals surface area contributed by atoms with E-state index < -0.39 is 5.97 Å². The molecule has 1 aromatic heterocycles. The van der Waals surface area contributed by atoms with Gasteiger partial charge in [0.1, 0.15) is 23.1 Å². The van der Waals surface area contributed by atoms with Gasteiger partial charge in [-0.15, -0.1) is 11.3 Å². The Morgan fingerprint density at radius 3 is 2.73 bits per heavy atom. The second kappa shape index (κ2) is 8.46. The van der Waals surface area contributed by atoms with Gasteiger partial charge in [0.15, 0.2) is 0 Å². The Labute approximate surface area is 182 Å². The van der Waals surface area contributed by atoms with Gasteiger partial charge in [0, 0.05) is 27.6 Å². The molecule has 4 rings (SSSR count). The summed E-state index contributed by atoms with van der Waals surface area (Å²) in [5.74, 6) is -0.0194. The van der Waals surface area contributed by atoms with E-state index in [-0.39, 0.29) is 11.8 Å². The van der Waals surface area contributed by atoms with E-state index in [4.69, 9.17) is 26.8 Å². The summed E-state index contributed by atoms with van der Waals surface area (Å²) >= 11 is 7.39. The summed E-state index contributed by atoms with van der Waals surface area (Å²) in [4.78, 5) is 13.2. The Morgan fingerprint density at radius 2 is 2.03 bits per heavy atom. The molecule has 2 N–H and O–H groups in total. The van der Waals surface area contributed by atoms with E-state index in [0.29, 0.717) is 22.1 Å². The lowest BCUT2D eigenvalue weighted by Crippen LogP contribution is -2.20. The number of hydrogen-bond donors (Lipinski definition) is 1. The molecule has 0 fully saturated rings. The fourth-order valence-electron chi connectivity index (χ4n) is 3.14. The van der Waals surface area contributed by atoms with Crippen LogP contribution in [-0.4, -0.2) is 5.97 Å². The molecule has 148 valence electrons. The summed E-state index contributed by atoms with van der Waals surface area (Å²) < 4.78 is 11.0. The first-order valence-electron chi connectivity index (χ1n) is 8.95. The number of nitriles is 1. The molecule has 0 spiro atoms. The van der Waals surface area contributed by atoms with E-state index in [1.807, 2.05) is 17.5 Å². The number of esters is 1. The average Bonchev–Trinajstić information content (AvgIpc) is 3.26. The fourth-order valence-corrected chi connectivity index (χ4v) is 4.11. The normalized spacial score (nSPS) is 15.4. The first-order chi connectivity index (χ1) is 14.5. The van der Waals surface area contributed by atoms with E-state index in [0.717, 1.165) is 16.0 Å². The molecule has 0 radical (unpaired) electrons. The van der Waals surface area contributed by atoms with Crippen molar-refractivity contribution in [1.82, 2.24) is 0 Å².